The summed E-state index contributed by atoms with van der Waals surface area (Å²) in [5, 5.41) is 7.86. The Morgan fingerprint density at radius 1 is 1.19 bits per heavy atom. The van der Waals surface area contributed by atoms with Gasteiger partial charge in [0, 0.05) is 23.7 Å². The second-order valence-corrected chi connectivity index (χ2v) is 7.84. The minimum absolute atomic E-state index is 0.127. The number of halogens is 1. The second-order valence-electron chi connectivity index (χ2n) is 6.80. The van der Waals surface area contributed by atoms with Crippen molar-refractivity contribution in [3.05, 3.63) is 87.0 Å². The number of carbonyl (C=O) groups is 1. The average molecular weight is 438 g/mol. The van der Waals surface area contributed by atoms with Crippen LogP contribution in [0.3, 0.4) is 0 Å². The molecule has 31 heavy (non-hydrogen) atoms. The maximum Gasteiger partial charge on any atom is 0.275 e. The highest BCUT2D eigenvalue weighted by molar-refractivity contribution is 7.16. The standard InChI is InChI=1S/C22H19FN4O3S/c1-2-4-19-26-27-20(28)12-17(25-22(27)31-19)13-30-18-9-7-16(8-10-18)24-21(29)14-5-3-6-15(23)11-14/h3,5-12H,2,4,13H2,1H3,(H,24,29). The lowest BCUT2D eigenvalue weighted by Crippen LogP contribution is -2.16. The number of ether oxygens (including phenoxy) is 1. The zero-order chi connectivity index (χ0) is 21.8. The van der Waals surface area contributed by atoms with E-state index in [-0.39, 0.29) is 17.7 Å². The third-order valence-electron chi connectivity index (χ3n) is 4.39. The molecule has 7 nitrogen and oxygen atoms in total. The number of carbonyl (C=O) groups excluding carboxylic acids is 1. The van der Waals surface area contributed by atoms with Crippen LogP contribution in [-0.2, 0) is 13.0 Å². The number of aromatic nitrogens is 3. The van der Waals surface area contributed by atoms with Gasteiger partial charge in [-0.2, -0.15) is 9.61 Å². The highest BCUT2D eigenvalue weighted by Gasteiger charge is 2.10. The summed E-state index contributed by atoms with van der Waals surface area (Å²) in [6.45, 7) is 2.18. The molecule has 0 saturated heterocycles. The van der Waals surface area contributed by atoms with Crippen LogP contribution in [0.1, 0.15) is 34.4 Å². The number of nitrogens with zero attached hydrogens (tertiary/aromatic N) is 3. The van der Waals surface area contributed by atoms with E-state index < -0.39 is 11.7 Å². The van der Waals surface area contributed by atoms with E-state index in [0.29, 0.717) is 22.1 Å². The van der Waals surface area contributed by atoms with E-state index in [1.54, 1.807) is 24.3 Å². The topological polar surface area (TPSA) is 85.6 Å². The summed E-state index contributed by atoms with van der Waals surface area (Å²) in [4.78, 5) is 29.5. The summed E-state index contributed by atoms with van der Waals surface area (Å²) < 4.78 is 20.3. The number of nitrogens with one attached hydrogen (secondary N) is 1. The van der Waals surface area contributed by atoms with E-state index in [0.717, 1.165) is 17.8 Å². The van der Waals surface area contributed by atoms with Crippen LogP contribution in [0, 0.1) is 5.82 Å². The van der Waals surface area contributed by atoms with E-state index in [2.05, 4.69) is 22.3 Å². The van der Waals surface area contributed by atoms with Crippen LogP contribution >= 0.6 is 11.3 Å². The highest BCUT2D eigenvalue weighted by atomic mass is 32.1. The van der Waals surface area contributed by atoms with Gasteiger partial charge in [-0.05, 0) is 48.9 Å². The maximum atomic E-state index is 13.3. The molecule has 2 aromatic heterocycles. The van der Waals surface area contributed by atoms with Gasteiger partial charge in [0.15, 0.2) is 0 Å². The first-order chi connectivity index (χ1) is 15.0. The van der Waals surface area contributed by atoms with Gasteiger partial charge < -0.3 is 10.1 Å². The molecule has 0 aliphatic rings. The van der Waals surface area contributed by atoms with Gasteiger partial charge in [0.25, 0.3) is 11.5 Å². The number of anilines is 1. The molecule has 2 heterocycles. The van der Waals surface area contributed by atoms with Gasteiger partial charge >= 0.3 is 0 Å². The highest BCUT2D eigenvalue weighted by Crippen LogP contribution is 2.18. The fourth-order valence-corrected chi connectivity index (χ4v) is 3.93. The minimum Gasteiger partial charge on any atom is -0.487 e. The molecule has 9 heteroatoms. The molecule has 2 aromatic carbocycles. The number of aryl methyl sites for hydroxylation is 1. The van der Waals surface area contributed by atoms with E-state index in [4.69, 9.17) is 4.74 Å². The smallest absolute Gasteiger partial charge is 0.275 e. The zero-order valence-corrected chi connectivity index (χ0v) is 17.5. The van der Waals surface area contributed by atoms with Crippen LogP contribution < -0.4 is 15.6 Å². The summed E-state index contributed by atoms with van der Waals surface area (Å²) in [5.41, 5.74) is 1.06. The Morgan fingerprint density at radius 3 is 2.74 bits per heavy atom. The molecule has 4 rings (SSSR count). The Morgan fingerprint density at radius 2 is 2.00 bits per heavy atom. The van der Waals surface area contributed by atoms with Crippen molar-refractivity contribution < 1.29 is 13.9 Å². The Labute approximate surface area is 181 Å². The zero-order valence-electron chi connectivity index (χ0n) is 16.7. The normalized spacial score (nSPS) is 10.9. The third kappa shape index (κ3) is 4.95. The van der Waals surface area contributed by atoms with Crippen molar-refractivity contribution in [1.82, 2.24) is 14.6 Å². The van der Waals surface area contributed by atoms with E-state index in [9.17, 15) is 14.0 Å². The molecule has 4 aromatic rings. The van der Waals surface area contributed by atoms with Gasteiger partial charge in [-0.25, -0.2) is 9.37 Å². The molecule has 0 spiro atoms. The van der Waals surface area contributed by atoms with Gasteiger partial charge in [0.2, 0.25) is 4.96 Å². The van der Waals surface area contributed by atoms with Crippen molar-refractivity contribution in [2.45, 2.75) is 26.4 Å². The molecule has 0 aliphatic carbocycles. The van der Waals surface area contributed by atoms with Gasteiger partial charge in [-0.1, -0.05) is 24.3 Å². The largest absolute Gasteiger partial charge is 0.487 e. The number of hydrogen-bond donors (Lipinski definition) is 1. The molecule has 0 unspecified atom stereocenters. The average Bonchev–Trinajstić information content (AvgIpc) is 3.17. The monoisotopic (exact) mass is 438 g/mol. The quantitative estimate of drug-likeness (QED) is 0.470. The molecule has 0 saturated carbocycles. The molecule has 0 atom stereocenters. The third-order valence-corrected chi connectivity index (χ3v) is 5.36. The van der Waals surface area contributed by atoms with Crippen LogP contribution in [0.4, 0.5) is 10.1 Å². The number of benzene rings is 2. The van der Waals surface area contributed by atoms with E-state index >= 15 is 0 Å². The minimum atomic E-state index is -0.470. The molecule has 0 bridgehead atoms. The predicted molar refractivity (Wildman–Crippen MR) is 116 cm³/mol. The van der Waals surface area contributed by atoms with Gasteiger partial charge in [-0.15, -0.1) is 0 Å². The van der Waals surface area contributed by atoms with E-state index in [1.807, 2.05) is 0 Å². The number of amides is 1. The molecule has 1 amide bonds. The lowest BCUT2D eigenvalue weighted by molar-refractivity contribution is 0.102. The Bertz CT molecular complexity index is 1280. The first kappa shape index (κ1) is 20.7. The van der Waals surface area contributed by atoms with Crippen LogP contribution in [0.5, 0.6) is 5.75 Å². The second kappa shape index (κ2) is 9.05. The summed E-state index contributed by atoms with van der Waals surface area (Å²) in [6, 6.07) is 13.6. The van der Waals surface area contributed by atoms with Gasteiger partial charge in [0.1, 0.15) is 23.2 Å². The lowest BCUT2D eigenvalue weighted by Gasteiger charge is -2.08. The SMILES string of the molecule is CCCc1nn2c(=O)cc(COc3ccc(NC(=O)c4cccc(F)c4)cc3)nc2s1. The molecular formula is C22H19FN4O3S. The van der Waals surface area contributed by atoms with Crippen molar-refractivity contribution in [1.29, 1.82) is 0 Å². The Kier molecular flexibility index (Phi) is 6.03. The van der Waals surface area contributed by atoms with Crippen molar-refractivity contribution in [2.24, 2.45) is 0 Å². The molecule has 1 N–H and O–H groups in total. The number of rotatable bonds is 7. The van der Waals surface area contributed by atoms with E-state index in [1.165, 1.54) is 46.2 Å². The molecule has 158 valence electrons. The van der Waals surface area contributed by atoms with Gasteiger partial charge in [0.05, 0.1) is 5.69 Å². The summed E-state index contributed by atoms with van der Waals surface area (Å²) in [5.74, 6) is -0.317. The van der Waals surface area contributed by atoms with Crippen LogP contribution in [-0.4, -0.2) is 20.5 Å². The summed E-state index contributed by atoms with van der Waals surface area (Å²) in [6.07, 6.45) is 1.75. The maximum absolute atomic E-state index is 13.3. The van der Waals surface area contributed by atoms with Crippen molar-refractivity contribution in [2.75, 3.05) is 5.32 Å². The van der Waals surface area contributed by atoms with Crippen molar-refractivity contribution in [3.8, 4) is 5.75 Å². The Balaban J connectivity index is 1.40. The lowest BCUT2D eigenvalue weighted by atomic mass is 10.2. The van der Waals surface area contributed by atoms with Gasteiger partial charge in [-0.3, -0.25) is 9.59 Å². The first-order valence-corrected chi connectivity index (χ1v) is 10.5. The fraction of sp³-hybridized carbons (Fsp3) is 0.182. The van der Waals surface area contributed by atoms with Crippen LogP contribution in [0.15, 0.2) is 59.4 Å². The van der Waals surface area contributed by atoms with Crippen LogP contribution in [0.2, 0.25) is 0 Å². The molecular weight excluding hydrogens is 419 g/mol. The summed E-state index contributed by atoms with van der Waals surface area (Å²) in [7, 11) is 0. The molecule has 0 radical (unpaired) electrons. The summed E-state index contributed by atoms with van der Waals surface area (Å²) >= 11 is 1.40. The number of hydrogen-bond acceptors (Lipinski definition) is 6. The first-order valence-electron chi connectivity index (χ1n) is 9.70. The molecule has 0 fully saturated rings. The Hall–Kier alpha value is -3.59. The van der Waals surface area contributed by atoms with Crippen molar-refractivity contribution in [3.63, 3.8) is 0 Å². The number of fused-ring (bicyclic) bond motifs is 1. The molecule has 0 aliphatic heterocycles. The van der Waals surface area contributed by atoms with Crippen molar-refractivity contribution >= 4 is 27.9 Å². The van der Waals surface area contributed by atoms with Crippen LogP contribution in [0.25, 0.3) is 4.96 Å². The fourth-order valence-electron chi connectivity index (χ4n) is 2.91. The predicted octanol–water partition coefficient (Wildman–Crippen LogP) is 4.07.